The van der Waals surface area contributed by atoms with Crippen LogP contribution in [-0.2, 0) is 11.3 Å². The maximum absolute atomic E-state index is 5.52. The molecule has 2 aliphatic heterocycles. The molecule has 1 atom stereocenters. The zero-order valence-electron chi connectivity index (χ0n) is 12.6. The Balaban J connectivity index is 1.82. The standard InChI is InChI=1S/C14H24N6O/c1-21-10-13-16-12(18-15)8-14(17-13)20-7-3-6-19-5-2-4-11(19)9-20/h8,11H,2-7,9-10,15H2,1H3,(H,16,17,18). The van der Waals surface area contributed by atoms with E-state index < -0.39 is 0 Å². The Labute approximate surface area is 125 Å². The molecule has 21 heavy (non-hydrogen) atoms. The second kappa shape index (κ2) is 6.55. The van der Waals surface area contributed by atoms with Gasteiger partial charge in [-0.15, -0.1) is 0 Å². The highest BCUT2D eigenvalue weighted by Crippen LogP contribution is 2.25. The van der Waals surface area contributed by atoms with Gasteiger partial charge in [-0.2, -0.15) is 0 Å². The van der Waals surface area contributed by atoms with E-state index in [2.05, 4.69) is 25.2 Å². The normalized spacial score (nSPS) is 23.0. The summed E-state index contributed by atoms with van der Waals surface area (Å²) in [6.07, 6.45) is 3.77. The zero-order chi connectivity index (χ0) is 14.7. The van der Waals surface area contributed by atoms with E-state index in [4.69, 9.17) is 10.6 Å². The van der Waals surface area contributed by atoms with E-state index in [0.29, 0.717) is 24.3 Å². The second-order valence-corrected chi connectivity index (χ2v) is 5.74. The molecule has 0 aromatic carbocycles. The van der Waals surface area contributed by atoms with Crippen LogP contribution in [0.1, 0.15) is 25.1 Å². The number of nitrogens with two attached hydrogens (primary N) is 1. The fraction of sp³-hybridized carbons (Fsp3) is 0.714. The number of hydrogen-bond acceptors (Lipinski definition) is 7. The van der Waals surface area contributed by atoms with Crippen molar-refractivity contribution in [3.8, 4) is 0 Å². The lowest BCUT2D eigenvalue weighted by molar-refractivity contribution is 0.178. The Morgan fingerprint density at radius 1 is 1.33 bits per heavy atom. The highest BCUT2D eigenvalue weighted by Gasteiger charge is 2.29. The minimum absolute atomic E-state index is 0.395. The third kappa shape index (κ3) is 3.25. The van der Waals surface area contributed by atoms with Crippen LogP contribution in [0.2, 0.25) is 0 Å². The topological polar surface area (TPSA) is 79.5 Å². The Bertz CT molecular complexity index is 483. The molecule has 3 N–H and O–H groups in total. The minimum Gasteiger partial charge on any atom is -0.377 e. The number of aromatic nitrogens is 2. The van der Waals surface area contributed by atoms with Crippen molar-refractivity contribution in [1.29, 1.82) is 0 Å². The van der Waals surface area contributed by atoms with E-state index in [1.54, 1.807) is 7.11 Å². The summed E-state index contributed by atoms with van der Waals surface area (Å²) in [5.74, 6) is 7.77. The van der Waals surface area contributed by atoms with Crippen LogP contribution in [0.15, 0.2) is 6.07 Å². The fourth-order valence-corrected chi connectivity index (χ4v) is 3.33. The van der Waals surface area contributed by atoms with Crippen LogP contribution in [0.5, 0.6) is 0 Å². The zero-order valence-corrected chi connectivity index (χ0v) is 12.6. The van der Waals surface area contributed by atoms with Crippen molar-refractivity contribution in [2.24, 2.45) is 5.84 Å². The number of methoxy groups -OCH3 is 1. The highest BCUT2D eigenvalue weighted by molar-refractivity contribution is 5.49. The number of rotatable bonds is 4. The third-order valence-electron chi connectivity index (χ3n) is 4.31. The molecule has 7 heteroatoms. The molecule has 3 heterocycles. The van der Waals surface area contributed by atoms with E-state index in [0.717, 1.165) is 18.9 Å². The van der Waals surface area contributed by atoms with Crippen molar-refractivity contribution in [1.82, 2.24) is 14.9 Å². The third-order valence-corrected chi connectivity index (χ3v) is 4.31. The minimum atomic E-state index is 0.395. The van der Waals surface area contributed by atoms with Gasteiger partial charge in [0.05, 0.1) is 0 Å². The molecule has 2 aliphatic rings. The molecule has 0 saturated carbocycles. The highest BCUT2D eigenvalue weighted by atomic mass is 16.5. The Morgan fingerprint density at radius 2 is 2.19 bits per heavy atom. The van der Waals surface area contributed by atoms with Gasteiger partial charge < -0.3 is 15.1 Å². The summed E-state index contributed by atoms with van der Waals surface area (Å²) in [6.45, 7) is 4.89. The van der Waals surface area contributed by atoms with Crippen LogP contribution in [0.3, 0.4) is 0 Å². The van der Waals surface area contributed by atoms with Gasteiger partial charge in [0.1, 0.15) is 18.2 Å². The maximum Gasteiger partial charge on any atom is 0.158 e. The summed E-state index contributed by atoms with van der Waals surface area (Å²) in [5.41, 5.74) is 2.62. The molecule has 3 rings (SSSR count). The van der Waals surface area contributed by atoms with Gasteiger partial charge in [-0.1, -0.05) is 0 Å². The van der Waals surface area contributed by atoms with Crippen LogP contribution in [0.25, 0.3) is 0 Å². The largest absolute Gasteiger partial charge is 0.377 e. The number of nitrogens with zero attached hydrogens (tertiary/aromatic N) is 4. The summed E-state index contributed by atoms with van der Waals surface area (Å²) in [6, 6.07) is 2.58. The predicted molar refractivity (Wildman–Crippen MR) is 82.0 cm³/mol. The van der Waals surface area contributed by atoms with E-state index in [1.807, 2.05) is 6.07 Å². The number of hydrazine groups is 1. The molecule has 1 unspecified atom stereocenters. The van der Waals surface area contributed by atoms with Gasteiger partial charge in [-0.3, -0.25) is 4.90 Å². The second-order valence-electron chi connectivity index (χ2n) is 5.74. The van der Waals surface area contributed by atoms with Crippen molar-refractivity contribution in [3.63, 3.8) is 0 Å². The van der Waals surface area contributed by atoms with Crippen molar-refractivity contribution in [2.75, 3.05) is 43.6 Å². The van der Waals surface area contributed by atoms with Crippen LogP contribution in [0.4, 0.5) is 11.6 Å². The molecular formula is C14H24N6O. The van der Waals surface area contributed by atoms with Gasteiger partial charge in [0.2, 0.25) is 0 Å². The van der Waals surface area contributed by atoms with Gasteiger partial charge in [-0.05, 0) is 25.8 Å². The van der Waals surface area contributed by atoms with E-state index in [-0.39, 0.29) is 0 Å². The SMILES string of the molecule is COCc1nc(NN)cc(N2CCCN3CCCC3C2)n1. The first kappa shape index (κ1) is 14.5. The van der Waals surface area contributed by atoms with E-state index in [1.165, 1.54) is 32.4 Å². The lowest BCUT2D eigenvalue weighted by Gasteiger charge is -2.26. The number of nitrogens with one attached hydrogen (secondary N) is 1. The van der Waals surface area contributed by atoms with Crippen LogP contribution >= 0.6 is 0 Å². The van der Waals surface area contributed by atoms with Crippen LogP contribution in [-0.4, -0.2) is 54.2 Å². The molecular weight excluding hydrogens is 268 g/mol. The van der Waals surface area contributed by atoms with Gasteiger partial charge >= 0.3 is 0 Å². The maximum atomic E-state index is 5.52. The number of ether oxygens (including phenoxy) is 1. The Kier molecular flexibility index (Phi) is 4.52. The summed E-state index contributed by atoms with van der Waals surface area (Å²) >= 11 is 0. The molecule has 7 nitrogen and oxygen atoms in total. The van der Waals surface area contributed by atoms with Gasteiger partial charge in [0.25, 0.3) is 0 Å². The lowest BCUT2D eigenvalue weighted by atomic mass is 10.2. The number of nitrogen functional groups attached to an aromatic ring is 1. The average molecular weight is 292 g/mol. The van der Waals surface area contributed by atoms with E-state index >= 15 is 0 Å². The Hall–Kier alpha value is -1.44. The van der Waals surface area contributed by atoms with Crippen molar-refractivity contribution in [2.45, 2.75) is 31.9 Å². The molecule has 0 amide bonds. The predicted octanol–water partition coefficient (Wildman–Crippen LogP) is 0.583. The molecule has 2 saturated heterocycles. The molecule has 0 radical (unpaired) electrons. The molecule has 2 fully saturated rings. The Morgan fingerprint density at radius 3 is 3.00 bits per heavy atom. The van der Waals surface area contributed by atoms with Gasteiger partial charge in [-0.25, -0.2) is 15.8 Å². The molecule has 0 aliphatic carbocycles. The summed E-state index contributed by atoms with van der Waals surface area (Å²) in [4.78, 5) is 13.9. The molecule has 0 spiro atoms. The monoisotopic (exact) mass is 292 g/mol. The van der Waals surface area contributed by atoms with Gasteiger partial charge in [0.15, 0.2) is 5.82 Å². The van der Waals surface area contributed by atoms with Crippen molar-refractivity contribution in [3.05, 3.63) is 11.9 Å². The number of fused-ring (bicyclic) bond motifs is 1. The molecule has 116 valence electrons. The summed E-state index contributed by atoms with van der Waals surface area (Å²) in [5, 5.41) is 0. The fourth-order valence-electron chi connectivity index (χ4n) is 3.33. The first-order valence-corrected chi connectivity index (χ1v) is 7.62. The quantitative estimate of drug-likeness (QED) is 0.621. The summed E-state index contributed by atoms with van der Waals surface area (Å²) in [7, 11) is 1.65. The molecule has 1 aromatic rings. The van der Waals surface area contributed by atoms with Crippen LogP contribution < -0.4 is 16.2 Å². The van der Waals surface area contributed by atoms with Crippen molar-refractivity contribution < 1.29 is 4.74 Å². The van der Waals surface area contributed by atoms with Crippen LogP contribution in [0, 0.1) is 0 Å². The molecule has 0 bridgehead atoms. The molecule has 1 aromatic heterocycles. The smallest absolute Gasteiger partial charge is 0.158 e. The first-order valence-electron chi connectivity index (χ1n) is 7.62. The lowest BCUT2D eigenvalue weighted by Crippen LogP contribution is -2.37. The van der Waals surface area contributed by atoms with Gasteiger partial charge in [0, 0.05) is 38.9 Å². The first-order chi connectivity index (χ1) is 10.3. The summed E-state index contributed by atoms with van der Waals surface area (Å²) < 4.78 is 5.14. The average Bonchev–Trinajstić information content (AvgIpc) is 2.84. The number of hydrogen-bond donors (Lipinski definition) is 2. The number of anilines is 2. The van der Waals surface area contributed by atoms with Crippen molar-refractivity contribution >= 4 is 11.6 Å². The van der Waals surface area contributed by atoms with E-state index in [9.17, 15) is 0 Å².